The van der Waals surface area contributed by atoms with E-state index < -0.39 is 0 Å². The van der Waals surface area contributed by atoms with Crippen LogP contribution in [-0.4, -0.2) is 18.6 Å². The average molecular weight is 244 g/mol. The number of benzene rings is 1. The monoisotopic (exact) mass is 244 g/mol. The molecule has 98 valence electrons. The lowest BCUT2D eigenvalue weighted by Crippen LogP contribution is -2.19. The van der Waals surface area contributed by atoms with Gasteiger partial charge in [-0.25, -0.2) is 4.98 Å². The normalized spacial score (nSPS) is 10.2. The minimum absolute atomic E-state index is 0. The summed E-state index contributed by atoms with van der Waals surface area (Å²) >= 11 is 0. The lowest BCUT2D eigenvalue weighted by atomic mass is 10.1. The van der Waals surface area contributed by atoms with Gasteiger partial charge in [0.1, 0.15) is 5.82 Å². The third kappa shape index (κ3) is 3.00. The minimum Gasteiger partial charge on any atom is -0.359 e. The predicted octanol–water partition coefficient (Wildman–Crippen LogP) is 4.42. The Kier molecular flexibility index (Phi) is 5.14. The van der Waals surface area contributed by atoms with Crippen molar-refractivity contribution in [3.63, 3.8) is 0 Å². The molecule has 2 aromatic rings. The number of nitrogens with zero attached hydrogens (tertiary/aromatic N) is 2. The summed E-state index contributed by atoms with van der Waals surface area (Å²) in [6, 6.07) is 8.62. The maximum atomic E-state index is 4.53. The molecule has 0 spiro atoms. The van der Waals surface area contributed by atoms with Gasteiger partial charge in [-0.05, 0) is 30.9 Å². The zero-order valence-electron chi connectivity index (χ0n) is 10.9. The number of hydrogen-bond donors (Lipinski definition) is 0. The van der Waals surface area contributed by atoms with Crippen molar-refractivity contribution in [3.8, 4) is 0 Å². The number of hydrogen-bond acceptors (Lipinski definition) is 2. The van der Waals surface area contributed by atoms with Crippen molar-refractivity contribution in [2.45, 2.75) is 34.1 Å². The summed E-state index contributed by atoms with van der Waals surface area (Å²) in [5, 5.41) is 2.52. The van der Waals surface area contributed by atoms with Gasteiger partial charge in [-0.2, -0.15) is 0 Å². The number of fused-ring (bicyclic) bond motifs is 1. The van der Waals surface area contributed by atoms with Crippen molar-refractivity contribution in [1.82, 2.24) is 4.98 Å². The quantitative estimate of drug-likeness (QED) is 0.791. The summed E-state index contributed by atoms with van der Waals surface area (Å²) in [7, 11) is 2.12. The second-order valence-electron chi connectivity index (χ2n) is 4.63. The Balaban J connectivity index is 0.00000162. The standard InChI is InChI=1S/C15H20N2.CH4/c1-4-5-10-17(3)15-14-11-12(2)6-7-13(14)8-9-16-15;/h6-9,11H,4-5,10H2,1-3H3;1H4. The Morgan fingerprint density at radius 3 is 2.72 bits per heavy atom. The highest BCUT2D eigenvalue weighted by Crippen LogP contribution is 2.24. The fourth-order valence-corrected chi connectivity index (χ4v) is 2.07. The van der Waals surface area contributed by atoms with Crippen LogP contribution in [-0.2, 0) is 0 Å². The number of aromatic nitrogens is 1. The maximum Gasteiger partial charge on any atom is 0.136 e. The van der Waals surface area contributed by atoms with Gasteiger partial charge in [-0.15, -0.1) is 0 Å². The highest BCUT2D eigenvalue weighted by molar-refractivity contribution is 5.92. The predicted molar refractivity (Wildman–Crippen MR) is 81.4 cm³/mol. The molecule has 2 rings (SSSR count). The highest BCUT2D eigenvalue weighted by atomic mass is 15.2. The fourth-order valence-electron chi connectivity index (χ4n) is 2.07. The molecule has 0 bridgehead atoms. The first-order valence-corrected chi connectivity index (χ1v) is 6.29. The molecular formula is C16H24N2. The fraction of sp³-hybridized carbons (Fsp3) is 0.438. The molecule has 0 aliphatic rings. The topological polar surface area (TPSA) is 16.1 Å². The van der Waals surface area contributed by atoms with Crippen LogP contribution in [0.1, 0.15) is 32.8 Å². The van der Waals surface area contributed by atoms with E-state index in [1.54, 1.807) is 0 Å². The summed E-state index contributed by atoms with van der Waals surface area (Å²) in [5.41, 5.74) is 1.29. The number of rotatable bonds is 4. The smallest absolute Gasteiger partial charge is 0.136 e. The van der Waals surface area contributed by atoms with Crippen LogP contribution in [0.25, 0.3) is 10.8 Å². The van der Waals surface area contributed by atoms with E-state index in [2.05, 4.69) is 55.0 Å². The number of anilines is 1. The van der Waals surface area contributed by atoms with E-state index in [0.29, 0.717) is 0 Å². The van der Waals surface area contributed by atoms with Crippen LogP contribution in [0.3, 0.4) is 0 Å². The van der Waals surface area contributed by atoms with Gasteiger partial charge in [0.2, 0.25) is 0 Å². The summed E-state index contributed by atoms with van der Waals surface area (Å²) in [6.07, 6.45) is 4.32. The molecule has 0 unspecified atom stereocenters. The van der Waals surface area contributed by atoms with Gasteiger partial charge in [0, 0.05) is 25.2 Å². The van der Waals surface area contributed by atoms with Gasteiger partial charge < -0.3 is 4.90 Å². The number of pyridine rings is 1. The van der Waals surface area contributed by atoms with Crippen molar-refractivity contribution in [2.75, 3.05) is 18.5 Å². The van der Waals surface area contributed by atoms with Crippen LogP contribution in [0.2, 0.25) is 0 Å². The Morgan fingerprint density at radius 1 is 1.22 bits per heavy atom. The summed E-state index contributed by atoms with van der Waals surface area (Å²) in [6.45, 7) is 5.41. The molecule has 1 aromatic carbocycles. The Labute approximate surface area is 111 Å². The van der Waals surface area contributed by atoms with Crippen molar-refractivity contribution < 1.29 is 0 Å². The maximum absolute atomic E-state index is 4.53. The second kappa shape index (κ2) is 6.39. The molecule has 0 amide bonds. The van der Waals surface area contributed by atoms with E-state index >= 15 is 0 Å². The Bertz CT molecular complexity index is 505. The molecule has 0 N–H and O–H groups in total. The van der Waals surface area contributed by atoms with E-state index in [9.17, 15) is 0 Å². The van der Waals surface area contributed by atoms with Crippen LogP contribution >= 0.6 is 0 Å². The minimum atomic E-state index is 0. The molecule has 0 atom stereocenters. The van der Waals surface area contributed by atoms with E-state index in [1.165, 1.54) is 29.2 Å². The molecule has 0 fully saturated rings. The Morgan fingerprint density at radius 2 is 2.00 bits per heavy atom. The van der Waals surface area contributed by atoms with Crippen LogP contribution in [0.5, 0.6) is 0 Å². The van der Waals surface area contributed by atoms with Gasteiger partial charge >= 0.3 is 0 Å². The zero-order chi connectivity index (χ0) is 12.3. The lowest BCUT2D eigenvalue weighted by molar-refractivity contribution is 0.761. The van der Waals surface area contributed by atoms with Gasteiger partial charge in [0.25, 0.3) is 0 Å². The van der Waals surface area contributed by atoms with Gasteiger partial charge in [0.05, 0.1) is 0 Å². The third-order valence-electron chi connectivity index (χ3n) is 3.11. The van der Waals surface area contributed by atoms with Crippen molar-refractivity contribution >= 4 is 16.6 Å². The van der Waals surface area contributed by atoms with E-state index in [-0.39, 0.29) is 7.43 Å². The molecule has 2 heteroatoms. The summed E-state index contributed by atoms with van der Waals surface area (Å²) in [4.78, 5) is 6.78. The molecule has 18 heavy (non-hydrogen) atoms. The molecule has 1 aromatic heterocycles. The van der Waals surface area contributed by atoms with E-state index in [1.807, 2.05) is 6.20 Å². The van der Waals surface area contributed by atoms with Crippen LogP contribution < -0.4 is 4.90 Å². The van der Waals surface area contributed by atoms with Crippen molar-refractivity contribution in [1.29, 1.82) is 0 Å². The lowest BCUT2D eigenvalue weighted by Gasteiger charge is -2.19. The first-order valence-electron chi connectivity index (χ1n) is 6.29. The van der Waals surface area contributed by atoms with Crippen molar-refractivity contribution in [2.24, 2.45) is 0 Å². The van der Waals surface area contributed by atoms with E-state index in [0.717, 1.165) is 12.4 Å². The Hall–Kier alpha value is -1.57. The van der Waals surface area contributed by atoms with Gasteiger partial charge in [-0.3, -0.25) is 0 Å². The number of unbranched alkanes of at least 4 members (excludes halogenated alkanes) is 1. The summed E-state index contributed by atoms with van der Waals surface area (Å²) < 4.78 is 0. The van der Waals surface area contributed by atoms with Crippen LogP contribution in [0.4, 0.5) is 5.82 Å². The third-order valence-corrected chi connectivity index (χ3v) is 3.11. The SMILES string of the molecule is C.CCCCN(C)c1nccc2ccc(C)cc12. The molecular weight excluding hydrogens is 220 g/mol. The summed E-state index contributed by atoms with van der Waals surface area (Å²) in [5.74, 6) is 1.10. The van der Waals surface area contributed by atoms with Gasteiger partial charge in [0.15, 0.2) is 0 Å². The molecule has 1 heterocycles. The zero-order valence-corrected chi connectivity index (χ0v) is 10.9. The molecule has 0 saturated carbocycles. The molecule has 0 saturated heterocycles. The molecule has 2 nitrogen and oxygen atoms in total. The van der Waals surface area contributed by atoms with Crippen molar-refractivity contribution in [3.05, 3.63) is 36.0 Å². The van der Waals surface area contributed by atoms with E-state index in [4.69, 9.17) is 0 Å². The highest BCUT2D eigenvalue weighted by Gasteiger charge is 2.06. The molecule has 0 radical (unpaired) electrons. The van der Waals surface area contributed by atoms with Crippen LogP contribution in [0.15, 0.2) is 30.5 Å². The second-order valence-corrected chi connectivity index (χ2v) is 4.63. The van der Waals surface area contributed by atoms with Gasteiger partial charge in [-0.1, -0.05) is 38.5 Å². The number of aryl methyl sites for hydroxylation is 1. The average Bonchev–Trinajstić information content (AvgIpc) is 2.35. The van der Waals surface area contributed by atoms with Crippen LogP contribution in [0, 0.1) is 6.92 Å². The molecule has 0 aliphatic carbocycles. The molecule has 0 aliphatic heterocycles. The first kappa shape index (κ1) is 14.5. The largest absolute Gasteiger partial charge is 0.359 e. The first-order chi connectivity index (χ1) is 8.22.